The molecule has 4 rings (SSSR count). The molecule has 3 amide bonds. The summed E-state index contributed by atoms with van der Waals surface area (Å²) in [5.41, 5.74) is 1.92. The first kappa shape index (κ1) is 18.9. The molecule has 8 nitrogen and oxygen atoms in total. The number of aromatic nitrogens is 3. The quantitative estimate of drug-likeness (QED) is 0.686. The van der Waals surface area contributed by atoms with Gasteiger partial charge in [-0.05, 0) is 17.7 Å². The molecule has 0 spiro atoms. The topological polar surface area (TPSA) is 100 Å². The van der Waals surface area contributed by atoms with Crippen LogP contribution in [0.3, 0.4) is 0 Å². The smallest absolute Gasteiger partial charge is 0.318 e. The van der Waals surface area contributed by atoms with Crippen LogP contribution < -0.4 is 10.6 Å². The Kier molecular flexibility index (Phi) is 5.43. The van der Waals surface area contributed by atoms with Crippen molar-refractivity contribution in [1.82, 2.24) is 25.2 Å². The number of fused-ring (bicyclic) bond motifs is 1. The number of thiazole rings is 1. The van der Waals surface area contributed by atoms with Crippen LogP contribution in [-0.2, 0) is 19.5 Å². The molecule has 1 aliphatic heterocycles. The highest BCUT2D eigenvalue weighted by atomic mass is 32.1. The molecule has 1 aliphatic rings. The van der Waals surface area contributed by atoms with E-state index in [-0.39, 0.29) is 23.4 Å². The van der Waals surface area contributed by atoms with E-state index in [4.69, 9.17) is 0 Å². The minimum Gasteiger partial charge on any atom is -0.334 e. The zero-order chi connectivity index (χ0) is 20.2. The number of carbonyl (C=O) groups excluding carboxylic acids is 2. The first-order chi connectivity index (χ1) is 14.1. The first-order valence-electron chi connectivity index (χ1n) is 8.91. The van der Waals surface area contributed by atoms with Gasteiger partial charge in [0.15, 0.2) is 5.13 Å². The maximum absolute atomic E-state index is 13.0. The van der Waals surface area contributed by atoms with Crippen molar-refractivity contribution in [3.8, 4) is 0 Å². The zero-order valence-corrected chi connectivity index (χ0v) is 16.1. The fourth-order valence-electron chi connectivity index (χ4n) is 2.89. The highest BCUT2D eigenvalue weighted by Crippen LogP contribution is 2.28. The number of urea groups is 1. The molecule has 148 valence electrons. The molecular formula is C19H17FN6O2S. The van der Waals surface area contributed by atoms with E-state index in [2.05, 4.69) is 25.6 Å². The van der Waals surface area contributed by atoms with Crippen molar-refractivity contribution in [1.29, 1.82) is 0 Å². The molecule has 0 unspecified atom stereocenters. The van der Waals surface area contributed by atoms with E-state index in [9.17, 15) is 14.0 Å². The van der Waals surface area contributed by atoms with Crippen molar-refractivity contribution in [2.75, 3.05) is 11.9 Å². The lowest BCUT2D eigenvalue weighted by Crippen LogP contribution is -2.42. The second-order valence-electron chi connectivity index (χ2n) is 6.39. The molecule has 2 N–H and O–H groups in total. The second kappa shape index (κ2) is 8.31. The third-order valence-electron chi connectivity index (χ3n) is 4.39. The molecule has 0 saturated heterocycles. The van der Waals surface area contributed by atoms with Gasteiger partial charge in [0.25, 0.3) is 5.91 Å². The van der Waals surface area contributed by atoms with Crippen LogP contribution in [0.25, 0.3) is 0 Å². The van der Waals surface area contributed by atoms with Gasteiger partial charge in [0.05, 0.1) is 18.4 Å². The van der Waals surface area contributed by atoms with Gasteiger partial charge >= 0.3 is 6.03 Å². The van der Waals surface area contributed by atoms with Gasteiger partial charge in [-0.1, -0.05) is 23.5 Å². The molecule has 3 heterocycles. The standard InChI is InChI=1S/C19H17FN6O2S/c20-13-3-1-12(2-4-13)9-23-19(28)26-8-5-14-16(11-26)29-18(24-14)25-17(27)15-10-21-6-7-22-15/h1-4,6-7,10H,5,8-9,11H2,(H,23,28)(H,24,25,27). The molecule has 0 fully saturated rings. The summed E-state index contributed by atoms with van der Waals surface area (Å²) in [6.07, 6.45) is 4.94. The Morgan fingerprint density at radius 3 is 2.79 bits per heavy atom. The van der Waals surface area contributed by atoms with E-state index in [1.165, 1.54) is 42.1 Å². The van der Waals surface area contributed by atoms with Gasteiger partial charge < -0.3 is 10.2 Å². The molecule has 3 aromatic rings. The SMILES string of the molecule is O=C(Nc1nc2c(s1)CN(C(=O)NCc1ccc(F)cc1)CC2)c1cnccn1. The van der Waals surface area contributed by atoms with Crippen LogP contribution in [0.2, 0.25) is 0 Å². The van der Waals surface area contributed by atoms with Crippen LogP contribution in [-0.4, -0.2) is 38.3 Å². The normalized spacial score (nSPS) is 12.9. The summed E-state index contributed by atoms with van der Waals surface area (Å²) >= 11 is 1.34. The van der Waals surface area contributed by atoms with E-state index < -0.39 is 0 Å². The summed E-state index contributed by atoms with van der Waals surface area (Å²) in [5.74, 6) is -0.686. The number of amides is 3. The van der Waals surface area contributed by atoms with Gasteiger partial charge in [-0.15, -0.1) is 0 Å². The number of hydrogen-bond acceptors (Lipinski definition) is 6. The Bertz CT molecular complexity index is 1020. The van der Waals surface area contributed by atoms with Gasteiger partial charge in [0.1, 0.15) is 11.5 Å². The van der Waals surface area contributed by atoms with Crippen molar-refractivity contribution >= 4 is 28.4 Å². The van der Waals surface area contributed by atoms with Crippen LogP contribution in [0.4, 0.5) is 14.3 Å². The summed E-state index contributed by atoms with van der Waals surface area (Å²) in [6, 6.07) is 5.81. The van der Waals surface area contributed by atoms with Crippen molar-refractivity contribution in [2.24, 2.45) is 0 Å². The zero-order valence-electron chi connectivity index (χ0n) is 15.3. The monoisotopic (exact) mass is 412 g/mol. The Morgan fingerprint density at radius 1 is 1.21 bits per heavy atom. The van der Waals surface area contributed by atoms with Crippen molar-refractivity contribution in [2.45, 2.75) is 19.5 Å². The van der Waals surface area contributed by atoms with Gasteiger partial charge in [-0.3, -0.25) is 15.1 Å². The van der Waals surface area contributed by atoms with Crippen LogP contribution in [0.1, 0.15) is 26.6 Å². The second-order valence-corrected chi connectivity index (χ2v) is 7.47. The summed E-state index contributed by atoms with van der Waals surface area (Å²) in [6.45, 7) is 1.28. The Morgan fingerprint density at radius 2 is 2.03 bits per heavy atom. The number of carbonyl (C=O) groups is 2. The summed E-state index contributed by atoms with van der Waals surface area (Å²) in [7, 11) is 0. The third-order valence-corrected chi connectivity index (χ3v) is 5.39. The van der Waals surface area contributed by atoms with Crippen LogP contribution in [0.15, 0.2) is 42.9 Å². The maximum Gasteiger partial charge on any atom is 0.318 e. The lowest BCUT2D eigenvalue weighted by molar-refractivity contribution is 0.102. The predicted molar refractivity (Wildman–Crippen MR) is 105 cm³/mol. The molecule has 0 bridgehead atoms. The fraction of sp³-hybridized carbons (Fsp3) is 0.211. The number of benzene rings is 1. The molecule has 1 aromatic carbocycles. The molecular weight excluding hydrogens is 395 g/mol. The average molecular weight is 412 g/mol. The Balaban J connectivity index is 1.35. The lowest BCUT2D eigenvalue weighted by Gasteiger charge is -2.26. The molecule has 2 aromatic heterocycles. The lowest BCUT2D eigenvalue weighted by atomic mass is 10.2. The first-order valence-corrected chi connectivity index (χ1v) is 9.73. The highest BCUT2D eigenvalue weighted by Gasteiger charge is 2.24. The number of hydrogen-bond donors (Lipinski definition) is 2. The fourth-order valence-corrected chi connectivity index (χ4v) is 3.91. The third kappa shape index (κ3) is 4.54. The van der Waals surface area contributed by atoms with Crippen LogP contribution >= 0.6 is 11.3 Å². The van der Waals surface area contributed by atoms with Gasteiger partial charge in [-0.25, -0.2) is 19.2 Å². The van der Waals surface area contributed by atoms with Crippen molar-refractivity contribution in [3.63, 3.8) is 0 Å². The number of nitrogens with zero attached hydrogens (tertiary/aromatic N) is 4. The number of halogens is 1. The molecule has 0 radical (unpaired) electrons. The molecule has 29 heavy (non-hydrogen) atoms. The Hall–Kier alpha value is -3.40. The van der Waals surface area contributed by atoms with E-state index in [1.54, 1.807) is 17.0 Å². The van der Waals surface area contributed by atoms with E-state index >= 15 is 0 Å². The summed E-state index contributed by atoms with van der Waals surface area (Å²) in [4.78, 5) is 39.6. The Labute approximate surface area is 169 Å². The van der Waals surface area contributed by atoms with Gasteiger partial charge in [0, 0.05) is 36.8 Å². The van der Waals surface area contributed by atoms with Gasteiger partial charge in [-0.2, -0.15) is 0 Å². The molecule has 0 aliphatic carbocycles. The molecule has 0 saturated carbocycles. The average Bonchev–Trinajstić information content (AvgIpc) is 3.15. The molecule has 10 heteroatoms. The van der Waals surface area contributed by atoms with Crippen LogP contribution in [0.5, 0.6) is 0 Å². The number of rotatable bonds is 4. The van der Waals surface area contributed by atoms with Crippen LogP contribution in [0, 0.1) is 5.82 Å². The maximum atomic E-state index is 13.0. The largest absolute Gasteiger partial charge is 0.334 e. The van der Waals surface area contributed by atoms with E-state index in [0.29, 0.717) is 31.2 Å². The van der Waals surface area contributed by atoms with Crippen molar-refractivity contribution < 1.29 is 14.0 Å². The minimum absolute atomic E-state index is 0.196. The summed E-state index contributed by atoms with van der Waals surface area (Å²) < 4.78 is 13.0. The van der Waals surface area contributed by atoms with E-state index in [1.807, 2.05) is 0 Å². The van der Waals surface area contributed by atoms with E-state index in [0.717, 1.165) is 16.1 Å². The predicted octanol–water partition coefficient (Wildman–Crippen LogP) is 2.59. The molecule has 0 atom stereocenters. The number of nitrogens with one attached hydrogen (secondary N) is 2. The summed E-state index contributed by atoms with van der Waals surface area (Å²) in [5, 5.41) is 6.04. The number of anilines is 1. The van der Waals surface area contributed by atoms with Crippen molar-refractivity contribution in [3.05, 3.63) is 70.5 Å². The minimum atomic E-state index is -0.377. The van der Waals surface area contributed by atoms with Gasteiger partial charge in [0.2, 0.25) is 0 Å². The highest BCUT2D eigenvalue weighted by molar-refractivity contribution is 7.15.